The Hall–Kier alpha value is -2.86. The molecule has 0 amide bonds. The third kappa shape index (κ3) is 3.72. The summed E-state index contributed by atoms with van der Waals surface area (Å²) in [4.78, 5) is 0. The molecule has 0 atom stereocenters. The number of rotatable bonds is 5. The predicted octanol–water partition coefficient (Wildman–Crippen LogP) is 3.59. The van der Waals surface area contributed by atoms with Crippen LogP contribution in [0.15, 0.2) is 72.3 Å². The maximum atomic E-state index is 12.3. The van der Waals surface area contributed by atoms with Gasteiger partial charge in [0.2, 0.25) is 0 Å². The first-order valence-electron chi connectivity index (χ1n) is 7.41. The van der Waals surface area contributed by atoms with Crippen LogP contribution in [-0.2, 0) is 10.0 Å². The lowest BCUT2D eigenvalue weighted by Crippen LogP contribution is -2.13. The van der Waals surface area contributed by atoms with Gasteiger partial charge in [0.1, 0.15) is 5.82 Å². The van der Waals surface area contributed by atoms with E-state index in [1.807, 2.05) is 61.5 Å². The van der Waals surface area contributed by atoms with E-state index in [1.165, 1.54) is 0 Å². The summed E-state index contributed by atoms with van der Waals surface area (Å²) < 4.78 is 28.7. The van der Waals surface area contributed by atoms with Crippen molar-refractivity contribution in [3.63, 3.8) is 0 Å². The Morgan fingerprint density at radius 3 is 2.46 bits per heavy atom. The molecule has 0 unspecified atom stereocenters. The molecule has 0 aliphatic carbocycles. The van der Waals surface area contributed by atoms with Gasteiger partial charge in [-0.3, -0.25) is 4.72 Å². The van der Waals surface area contributed by atoms with Crippen molar-refractivity contribution in [3.05, 3.63) is 83.4 Å². The Morgan fingerprint density at radius 2 is 1.71 bits per heavy atom. The van der Waals surface area contributed by atoms with E-state index in [0.717, 1.165) is 22.2 Å². The summed E-state index contributed by atoms with van der Waals surface area (Å²) in [6, 6.07) is 18.5. The van der Waals surface area contributed by atoms with Crippen molar-refractivity contribution in [2.75, 3.05) is 4.72 Å². The van der Waals surface area contributed by atoms with Gasteiger partial charge in [0, 0.05) is 6.07 Å². The predicted molar refractivity (Wildman–Crippen MR) is 96.3 cm³/mol. The van der Waals surface area contributed by atoms with Crippen molar-refractivity contribution in [3.8, 4) is 5.69 Å². The lowest BCUT2D eigenvalue weighted by Gasteiger charge is -2.10. The molecule has 0 radical (unpaired) electrons. The number of hydrogen-bond acceptors (Lipinski definition) is 3. The molecule has 2 aromatic carbocycles. The highest BCUT2D eigenvalue weighted by Gasteiger charge is 2.12. The Balaban J connectivity index is 1.86. The number of benzene rings is 2. The van der Waals surface area contributed by atoms with Crippen LogP contribution in [0.1, 0.15) is 11.1 Å². The smallest absolute Gasteiger partial charge is 0.256 e. The van der Waals surface area contributed by atoms with Crippen LogP contribution in [0.5, 0.6) is 0 Å². The van der Waals surface area contributed by atoms with Crippen molar-refractivity contribution in [1.82, 2.24) is 9.78 Å². The molecule has 0 fully saturated rings. The van der Waals surface area contributed by atoms with E-state index >= 15 is 0 Å². The van der Waals surface area contributed by atoms with Gasteiger partial charge in [-0.2, -0.15) is 5.10 Å². The summed E-state index contributed by atoms with van der Waals surface area (Å²) in [5.41, 5.74) is 2.64. The monoisotopic (exact) mass is 339 g/mol. The van der Waals surface area contributed by atoms with Gasteiger partial charge in [0.15, 0.2) is 0 Å². The van der Waals surface area contributed by atoms with E-state index < -0.39 is 10.0 Å². The summed E-state index contributed by atoms with van der Waals surface area (Å²) in [7, 11) is -3.64. The first kappa shape index (κ1) is 16.0. The third-order valence-electron chi connectivity index (χ3n) is 3.47. The SMILES string of the molecule is Cc1ccccc1-n1nccc1NS(=O)(=O)C=Cc1ccccc1. The van der Waals surface area contributed by atoms with Crippen LogP contribution in [0, 0.1) is 6.92 Å². The summed E-state index contributed by atoms with van der Waals surface area (Å²) in [5, 5.41) is 5.37. The molecular formula is C18H17N3O2S. The largest absolute Gasteiger partial charge is 0.264 e. The Morgan fingerprint density at radius 1 is 1.00 bits per heavy atom. The quantitative estimate of drug-likeness (QED) is 0.772. The first-order chi connectivity index (χ1) is 11.6. The fourth-order valence-electron chi connectivity index (χ4n) is 2.29. The molecule has 1 aromatic heterocycles. The molecule has 122 valence electrons. The molecule has 0 spiro atoms. The molecule has 1 heterocycles. The maximum Gasteiger partial charge on any atom is 0.256 e. The number of anilines is 1. The second-order valence-corrected chi connectivity index (χ2v) is 6.84. The van der Waals surface area contributed by atoms with Gasteiger partial charge in [-0.1, -0.05) is 48.5 Å². The minimum absolute atomic E-state index is 0.391. The van der Waals surface area contributed by atoms with Crippen molar-refractivity contribution in [1.29, 1.82) is 0 Å². The molecule has 0 saturated heterocycles. The number of nitrogens with one attached hydrogen (secondary N) is 1. The van der Waals surface area contributed by atoms with E-state index in [-0.39, 0.29) is 0 Å². The van der Waals surface area contributed by atoms with Crippen molar-refractivity contribution in [2.45, 2.75) is 6.92 Å². The van der Waals surface area contributed by atoms with Gasteiger partial charge in [0.05, 0.1) is 17.3 Å². The number of sulfonamides is 1. The highest BCUT2D eigenvalue weighted by atomic mass is 32.2. The van der Waals surface area contributed by atoms with Gasteiger partial charge in [-0.05, 0) is 30.2 Å². The van der Waals surface area contributed by atoms with Gasteiger partial charge >= 0.3 is 0 Å². The molecule has 3 rings (SSSR count). The molecule has 24 heavy (non-hydrogen) atoms. The number of aryl methyl sites for hydroxylation is 1. The highest BCUT2D eigenvalue weighted by molar-refractivity contribution is 7.95. The molecule has 0 bridgehead atoms. The van der Waals surface area contributed by atoms with E-state index in [0.29, 0.717) is 5.82 Å². The van der Waals surface area contributed by atoms with Gasteiger partial charge < -0.3 is 0 Å². The van der Waals surface area contributed by atoms with E-state index in [4.69, 9.17) is 0 Å². The number of aromatic nitrogens is 2. The van der Waals surface area contributed by atoms with Gasteiger partial charge in [-0.25, -0.2) is 13.1 Å². The van der Waals surface area contributed by atoms with Crippen LogP contribution >= 0.6 is 0 Å². The van der Waals surface area contributed by atoms with E-state index in [1.54, 1.807) is 23.0 Å². The second kappa shape index (κ2) is 6.72. The second-order valence-electron chi connectivity index (χ2n) is 5.28. The minimum Gasteiger partial charge on any atom is -0.264 e. The van der Waals surface area contributed by atoms with Crippen molar-refractivity contribution < 1.29 is 8.42 Å². The fraction of sp³-hybridized carbons (Fsp3) is 0.0556. The molecule has 0 aliphatic heterocycles. The zero-order valence-corrected chi connectivity index (χ0v) is 13.9. The van der Waals surface area contributed by atoms with Crippen LogP contribution in [0.2, 0.25) is 0 Å². The highest BCUT2D eigenvalue weighted by Crippen LogP contribution is 2.19. The van der Waals surface area contributed by atoms with Crippen LogP contribution in [0.25, 0.3) is 11.8 Å². The number of hydrogen-bond donors (Lipinski definition) is 1. The summed E-state index contributed by atoms with van der Waals surface area (Å²) in [6.07, 6.45) is 3.11. The fourth-order valence-corrected chi connectivity index (χ4v) is 3.14. The lowest BCUT2D eigenvalue weighted by atomic mass is 10.2. The maximum absolute atomic E-state index is 12.3. The molecule has 0 aliphatic rings. The van der Waals surface area contributed by atoms with Gasteiger partial charge in [0.25, 0.3) is 10.0 Å². The normalized spacial score (nSPS) is 11.7. The van der Waals surface area contributed by atoms with Crippen LogP contribution in [0.4, 0.5) is 5.82 Å². The van der Waals surface area contributed by atoms with Crippen molar-refractivity contribution in [2.24, 2.45) is 0 Å². The third-order valence-corrected chi connectivity index (χ3v) is 4.46. The average molecular weight is 339 g/mol. The minimum atomic E-state index is -3.64. The van der Waals surface area contributed by atoms with E-state index in [2.05, 4.69) is 9.82 Å². The molecular weight excluding hydrogens is 322 g/mol. The number of nitrogens with zero attached hydrogens (tertiary/aromatic N) is 2. The molecule has 3 aromatic rings. The number of para-hydroxylation sites is 1. The lowest BCUT2D eigenvalue weighted by molar-refractivity contribution is 0.609. The molecule has 1 N–H and O–H groups in total. The standard InChI is InChI=1S/C18H17N3O2S/c1-15-7-5-6-10-17(15)21-18(11-13-19-21)20-24(22,23)14-12-16-8-3-2-4-9-16/h2-14,20H,1H3. The van der Waals surface area contributed by atoms with Crippen LogP contribution in [0.3, 0.4) is 0 Å². The molecule has 0 saturated carbocycles. The summed E-state index contributed by atoms with van der Waals surface area (Å²) in [6.45, 7) is 1.95. The van der Waals surface area contributed by atoms with Crippen LogP contribution in [-0.4, -0.2) is 18.2 Å². The van der Waals surface area contributed by atoms with Crippen LogP contribution < -0.4 is 4.72 Å². The topological polar surface area (TPSA) is 64.0 Å². The first-order valence-corrected chi connectivity index (χ1v) is 8.96. The Kier molecular flexibility index (Phi) is 4.48. The Bertz CT molecular complexity index is 961. The summed E-state index contributed by atoms with van der Waals surface area (Å²) >= 11 is 0. The molecule has 5 nitrogen and oxygen atoms in total. The zero-order valence-electron chi connectivity index (χ0n) is 13.1. The van der Waals surface area contributed by atoms with E-state index in [9.17, 15) is 8.42 Å². The average Bonchev–Trinajstić information content (AvgIpc) is 3.02. The zero-order chi connectivity index (χ0) is 17.0. The summed E-state index contributed by atoms with van der Waals surface area (Å²) in [5.74, 6) is 0.391. The van der Waals surface area contributed by atoms with Gasteiger partial charge in [-0.15, -0.1) is 0 Å². The van der Waals surface area contributed by atoms with Crippen molar-refractivity contribution >= 4 is 21.9 Å². The molecule has 6 heteroatoms. The Labute approximate surface area is 141 Å².